The van der Waals surface area contributed by atoms with E-state index in [1.807, 2.05) is 0 Å². The van der Waals surface area contributed by atoms with Gasteiger partial charge in [0.1, 0.15) is 5.69 Å². The molecule has 0 radical (unpaired) electrons. The van der Waals surface area contributed by atoms with Gasteiger partial charge < -0.3 is 20.5 Å². The van der Waals surface area contributed by atoms with Crippen molar-refractivity contribution in [1.82, 2.24) is 14.8 Å². The monoisotopic (exact) mass is 264 g/mol. The average molecular weight is 264 g/mol. The van der Waals surface area contributed by atoms with Gasteiger partial charge in [0, 0.05) is 45.0 Å². The molecule has 0 spiro atoms. The summed E-state index contributed by atoms with van der Waals surface area (Å²) in [4.78, 5) is 30.3. The molecule has 6 heteroatoms. The molecule has 1 aliphatic rings. The van der Waals surface area contributed by atoms with Gasteiger partial charge in [-0.1, -0.05) is 0 Å². The fourth-order valence-corrected chi connectivity index (χ4v) is 2.40. The third-order valence-electron chi connectivity index (χ3n) is 3.51. The Morgan fingerprint density at radius 2 is 2.00 bits per heavy atom. The molecule has 6 nitrogen and oxygen atoms in total. The van der Waals surface area contributed by atoms with E-state index in [4.69, 9.17) is 5.73 Å². The van der Waals surface area contributed by atoms with Gasteiger partial charge in [-0.25, -0.2) is 0 Å². The highest BCUT2D eigenvalue weighted by Gasteiger charge is 2.28. The second-order valence-electron chi connectivity index (χ2n) is 5.15. The second-order valence-corrected chi connectivity index (χ2v) is 5.15. The first kappa shape index (κ1) is 13.5. The number of hydrogen-bond acceptors (Lipinski definition) is 3. The molecule has 1 saturated heterocycles. The van der Waals surface area contributed by atoms with Crippen molar-refractivity contribution >= 4 is 17.5 Å². The van der Waals surface area contributed by atoms with Crippen molar-refractivity contribution in [1.29, 1.82) is 0 Å². The molecular formula is C13H20N4O2. The maximum atomic E-state index is 12.2. The number of piperidine rings is 1. The molecule has 2 heterocycles. The molecule has 104 valence electrons. The molecule has 1 aromatic heterocycles. The number of anilines is 1. The molecule has 0 bridgehead atoms. The summed E-state index contributed by atoms with van der Waals surface area (Å²) in [6.07, 6.45) is 3.05. The van der Waals surface area contributed by atoms with Gasteiger partial charge in [-0.15, -0.1) is 0 Å². The van der Waals surface area contributed by atoms with Gasteiger partial charge in [0.05, 0.1) is 0 Å². The SMILES string of the molecule is CN(C)C(=O)C1CCN(C(=O)c2cc(N)c[nH]2)CC1. The number of nitrogens with one attached hydrogen (secondary N) is 1. The Morgan fingerprint density at radius 1 is 1.37 bits per heavy atom. The molecule has 0 atom stereocenters. The van der Waals surface area contributed by atoms with E-state index in [0.29, 0.717) is 24.5 Å². The number of rotatable bonds is 2. The van der Waals surface area contributed by atoms with Gasteiger partial charge in [-0.3, -0.25) is 9.59 Å². The maximum Gasteiger partial charge on any atom is 0.270 e. The number of H-pyrrole nitrogens is 1. The molecule has 2 rings (SSSR count). The minimum absolute atomic E-state index is 0.0350. The molecule has 0 aliphatic carbocycles. The van der Waals surface area contributed by atoms with Gasteiger partial charge >= 0.3 is 0 Å². The summed E-state index contributed by atoms with van der Waals surface area (Å²) < 4.78 is 0. The largest absolute Gasteiger partial charge is 0.397 e. The summed E-state index contributed by atoms with van der Waals surface area (Å²) in [7, 11) is 3.53. The molecule has 19 heavy (non-hydrogen) atoms. The standard InChI is InChI=1S/C13H20N4O2/c1-16(2)12(18)9-3-5-17(6-4-9)13(19)11-7-10(14)8-15-11/h7-9,15H,3-6,14H2,1-2H3. The van der Waals surface area contributed by atoms with Crippen LogP contribution in [0.4, 0.5) is 5.69 Å². The number of carbonyl (C=O) groups is 2. The van der Waals surface area contributed by atoms with Gasteiger partial charge in [0.2, 0.25) is 5.91 Å². The maximum absolute atomic E-state index is 12.2. The first-order valence-corrected chi connectivity index (χ1v) is 6.43. The Morgan fingerprint density at radius 3 is 2.47 bits per heavy atom. The van der Waals surface area contributed by atoms with Crippen molar-refractivity contribution in [2.45, 2.75) is 12.8 Å². The normalized spacial score (nSPS) is 16.4. The number of nitrogens with two attached hydrogens (primary N) is 1. The van der Waals surface area contributed by atoms with E-state index in [0.717, 1.165) is 12.8 Å². The molecule has 0 saturated carbocycles. The Hall–Kier alpha value is -1.98. The molecule has 3 N–H and O–H groups in total. The number of carbonyl (C=O) groups excluding carboxylic acids is 2. The van der Waals surface area contributed by atoms with Crippen LogP contribution in [-0.2, 0) is 4.79 Å². The molecule has 2 amide bonds. The van der Waals surface area contributed by atoms with Crippen LogP contribution in [0.25, 0.3) is 0 Å². The van der Waals surface area contributed by atoms with Crippen LogP contribution in [0.15, 0.2) is 12.3 Å². The lowest BCUT2D eigenvalue weighted by atomic mass is 9.95. The van der Waals surface area contributed by atoms with Crippen molar-refractivity contribution in [3.05, 3.63) is 18.0 Å². The van der Waals surface area contributed by atoms with Crippen LogP contribution in [0.3, 0.4) is 0 Å². The lowest BCUT2D eigenvalue weighted by Gasteiger charge is -2.32. The predicted molar refractivity (Wildman–Crippen MR) is 72.5 cm³/mol. The van der Waals surface area contributed by atoms with Crippen LogP contribution in [0.2, 0.25) is 0 Å². The first-order chi connectivity index (χ1) is 8.99. The fourth-order valence-electron chi connectivity index (χ4n) is 2.40. The predicted octanol–water partition coefficient (Wildman–Crippen LogP) is 0.537. The average Bonchev–Trinajstić information content (AvgIpc) is 2.84. The van der Waals surface area contributed by atoms with Crippen molar-refractivity contribution in [2.75, 3.05) is 32.9 Å². The van der Waals surface area contributed by atoms with Crippen LogP contribution < -0.4 is 5.73 Å². The van der Waals surface area contributed by atoms with Crippen LogP contribution >= 0.6 is 0 Å². The summed E-state index contributed by atoms with van der Waals surface area (Å²) in [6.45, 7) is 1.23. The number of amides is 2. The Balaban J connectivity index is 1.93. The summed E-state index contributed by atoms with van der Waals surface area (Å²) in [5.74, 6) is 0.136. The van der Waals surface area contributed by atoms with Crippen LogP contribution in [0, 0.1) is 5.92 Å². The molecule has 0 aromatic carbocycles. The summed E-state index contributed by atoms with van der Waals surface area (Å²) in [6, 6.07) is 1.64. The first-order valence-electron chi connectivity index (χ1n) is 6.43. The van der Waals surface area contributed by atoms with E-state index in [9.17, 15) is 9.59 Å². The van der Waals surface area contributed by atoms with E-state index in [1.54, 1.807) is 36.2 Å². The minimum Gasteiger partial charge on any atom is -0.397 e. The van der Waals surface area contributed by atoms with E-state index in [1.165, 1.54) is 0 Å². The van der Waals surface area contributed by atoms with Gasteiger partial charge in [-0.2, -0.15) is 0 Å². The van der Waals surface area contributed by atoms with Crippen molar-refractivity contribution in [3.8, 4) is 0 Å². The lowest BCUT2D eigenvalue weighted by Crippen LogP contribution is -2.42. The lowest BCUT2D eigenvalue weighted by molar-refractivity contribution is -0.134. The number of aromatic nitrogens is 1. The van der Waals surface area contributed by atoms with Crippen LogP contribution in [-0.4, -0.2) is 53.8 Å². The third-order valence-corrected chi connectivity index (χ3v) is 3.51. The Bertz CT molecular complexity index is 473. The van der Waals surface area contributed by atoms with Gasteiger partial charge in [0.15, 0.2) is 0 Å². The van der Waals surface area contributed by atoms with Crippen LogP contribution in [0.1, 0.15) is 23.3 Å². The third kappa shape index (κ3) is 2.89. The van der Waals surface area contributed by atoms with Crippen LogP contribution in [0.5, 0.6) is 0 Å². The number of aromatic amines is 1. The highest BCUT2D eigenvalue weighted by atomic mass is 16.2. The smallest absolute Gasteiger partial charge is 0.270 e. The summed E-state index contributed by atoms with van der Waals surface area (Å²) in [5, 5.41) is 0. The van der Waals surface area contributed by atoms with Crippen molar-refractivity contribution in [2.24, 2.45) is 5.92 Å². The number of nitrogens with zero attached hydrogens (tertiary/aromatic N) is 2. The van der Waals surface area contributed by atoms with E-state index in [2.05, 4.69) is 4.98 Å². The molecular weight excluding hydrogens is 244 g/mol. The van der Waals surface area contributed by atoms with Gasteiger partial charge in [-0.05, 0) is 18.9 Å². The van der Waals surface area contributed by atoms with E-state index in [-0.39, 0.29) is 17.7 Å². The highest BCUT2D eigenvalue weighted by Crippen LogP contribution is 2.20. The zero-order chi connectivity index (χ0) is 14.0. The molecule has 0 unspecified atom stereocenters. The van der Waals surface area contributed by atoms with E-state index >= 15 is 0 Å². The second kappa shape index (κ2) is 5.34. The Kier molecular flexibility index (Phi) is 3.78. The number of hydrogen-bond donors (Lipinski definition) is 2. The topological polar surface area (TPSA) is 82.4 Å². The number of likely N-dealkylation sites (tertiary alicyclic amines) is 1. The summed E-state index contributed by atoms with van der Waals surface area (Å²) >= 11 is 0. The zero-order valence-corrected chi connectivity index (χ0v) is 11.3. The van der Waals surface area contributed by atoms with Crippen molar-refractivity contribution in [3.63, 3.8) is 0 Å². The minimum atomic E-state index is -0.0487. The zero-order valence-electron chi connectivity index (χ0n) is 11.3. The molecule has 1 aromatic rings. The van der Waals surface area contributed by atoms with Crippen molar-refractivity contribution < 1.29 is 9.59 Å². The Labute approximate surface area is 112 Å². The molecule has 1 fully saturated rings. The highest BCUT2D eigenvalue weighted by molar-refractivity contribution is 5.93. The molecule has 1 aliphatic heterocycles. The number of nitrogen functional groups attached to an aromatic ring is 1. The van der Waals surface area contributed by atoms with Gasteiger partial charge in [0.25, 0.3) is 5.91 Å². The summed E-state index contributed by atoms with van der Waals surface area (Å²) in [5.41, 5.74) is 6.65. The quantitative estimate of drug-likeness (QED) is 0.817. The fraction of sp³-hybridized carbons (Fsp3) is 0.538. The van der Waals surface area contributed by atoms with E-state index < -0.39 is 0 Å².